The molecule has 1 aromatic heterocycles. The number of nitrogen functional groups attached to an aromatic ring is 1. The fraction of sp³-hybridized carbons (Fsp3) is 0.250. The van der Waals surface area contributed by atoms with Gasteiger partial charge in [-0.1, -0.05) is 48.5 Å². The van der Waals surface area contributed by atoms with Crippen LogP contribution in [-0.4, -0.2) is 40.5 Å². The predicted octanol–water partition coefficient (Wildman–Crippen LogP) is 2.99. The summed E-state index contributed by atoms with van der Waals surface area (Å²) in [7, 11) is 0. The standard InChI is InChI=1S/C24H25N3O4/c25-22-13-15(9-11-26-22)23(29)21(28)10-12-27-24(30)31-14-20-18-7-3-1-5-16(18)17-6-2-4-8-19(17)20/h1-9,11,13,20-21,23,28-29H,10,12,14H2,(H2,25,26)(H,27,30). The van der Waals surface area contributed by atoms with Gasteiger partial charge in [-0.15, -0.1) is 0 Å². The molecule has 2 unspecified atom stereocenters. The molecule has 0 aliphatic heterocycles. The average Bonchev–Trinajstić information content (AvgIpc) is 3.11. The van der Waals surface area contributed by atoms with Gasteiger partial charge < -0.3 is 26.0 Å². The number of carbonyl (C=O) groups excluding carboxylic acids is 1. The van der Waals surface area contributed by atoms with Crippen LogP contribution in [0.3, 0.4) is 0 Å². The fourth-order valence-electron chi connectivity index (χ4n) is 4.00. The number of aliphatic hydroxyl groups is 2. The van der Waals surface area contributed by atoms with Gasteiger partial charge in [-0.05, 0) is 46.4 Å². The van der Waals surface area contributed by atoms with Crippen LogP contribution in [0, 0.1) is 0 Å². The lowest BCUT2D eigenvalue weighted by atomic mass is 9.98. The van der Waals surface area contributed by atoms with Crippen molar-refractivity contribution in [2.24, 2.45) is 0 Å². The molecule has 0 saturated carbocycles. The van der Waals surface area contributed by atoms with E-state index in [-0.39, 0.29) is 31.3 Å². The van der Waals surface area contributed by atoms with Crippen molar-refractivity contribution in [3.8, 4) is 11.1 Å². The number of pyridine rings is 1. The smallest absolute Gasteiger partial charge is 0.407 e. The minimum absolute atomic E-state index is 0.0114. The van der Waals surface area contributed by atoms with E-state index in [1.54, 1.807) is 6.07 Å². The van der Waals surface area contributed by atoms with E-state index in [1.165, 1.54) is 23.4 Å². The lowest BCUT2D eigenvalue weighted by molar-refractivity contribution is 0.0136. The third-order valence-corrected chi connectivity index (χ3v) is 5.56. The van der Waals surface area contributed by atoms with Crippen LogP contribution in [0.2, 0.25) is 0 Å². The Morgan fingerprint density at radius 3 is 2.35 bits per heavy atom. The largest absolute Gasteiger partial charge is 0.449 e. The van der Waals surface area contributed by atoms with E-state index >= 15 is 0 Å². The summed E-state index contributed by atoms with van der Waals surface area (Å²) in [5, 5.41) is 23.1. The van der Waals surface area contributed by atoms with Gasteiger partial charge in [-0.2, -0.15) is 0 Å². The number of hydrogen-bond acceptors (Lipinski definition) is 6. The first kappa shape index (κ1) is 20.8. The number of ether oxygens (including phenoxy) is 1. The summed E-state index contributed by atoms with van der Waals surface area (Å²) < 4.78 is 5.46. The van der Waals surface area contributed by atoms with Crippen molar-refractivity contribution in [1.29, 1.82) is 0 Å². The van der Waals surface area contributed by atoms with Crippen LogP contribution in [0.1, 0.15) is 35.1 Å². The van der Waals surface area contributed by atoms with Crippen LogP contribution in [0.4, 0.5) is 10.6 Å². The SMILES string of the molecule is Nc1cc(C(O)C(O)CCNC(=O)OCC2c3ccccc3-c3ccccc32)ccn1. The molecule has 5 N–H and O–H groups in total. The Morgan fingerprint density at radius 1 is 1.06 bits per heavy atom. The molecule has 0 bridgehead atoms. The summed E-state index contributed by atoms with van der Waals surface area (Å²) in [6, 6.07) is 19.4. The van der Waals surface area contributed by atoms with Crippen molar-refractivity contribution in [2.45, 2.75) is 24.5 Å². The molecule has 1 heterocycles. The summed E-state index contributed by atoms with van der Waals surface area (Å²) in [5.41, 5.74) is 10.7. The van der Waals surface area contributed by atoms with Crippen molar-refractivity contribution in [3.63, 3.8) is 0 Å². The number of rotatable bonds is 7. The van der Waals surface area contributed by atoms with Crippen molar-refractivity contribution in [1.82, 2.24) is 10.3 Å². The van der Waals surface area contributed by atoms with Crippen LogP contribution < -0.4 is 11.1 Å². The number of hydrogen-bond donors (Lipinski definition) is 4. The van der Waals surface area contributed by atoms with Crippen molar-refractivity contribution in [3.05, 3.63) is 83.6 Å². The van der Waals surface area contributed by atoms with Crippen molar-refractivity contribution < 1.29 is 19.7 Å². The van der Waals surface area contributed by atoms with Crippen LogP contribution in [-0.2, 0) is 4.74 Å². The molecule has 2 atom stereocenters. The number of fused-ring (bicyclic) bond motifs is 3. The van der Waals surface area contributed by atoms with Crippen molar-refractivity contribution >= 4 is 11.9 Å². The molecule has 7 heteroatoms. The Bertz CT molecular complexity index is 1030. The van der Waals surface area contributed by atoms with Gasteiger partial charge in [-0.3, -0.25) is 0 Å². The predicted molar refractivity (Wildman–Crippen MR) is 117 cm³/mol. The summed E-state index contributed by atoms with van der Waals surface area (Å²) in [4.78, 5) is 16.0. The zero-order valence-corrected chi connectivity index (χ0v) is 16.9. The molecule has 160 valence electrons. The number of nitrogens with zero attached hydrogens (tertiary/aromatic N) is 1. The maximum Gasteiger partial charge on any atom is 0.407 e. The number of nitrogens with one attached hydrogen (secondary N) is 1. The first-order valence-electron chi connectivity index (χ1n) is 10.2. The highest BCUT2D eigenvalue weighted by atomic mass is 16.5. The maximum absolute atomic E-state index is 12.2. The second-order valence-corrected chi connectivity index (χ2v) is 7.57. The second-order valence-electron chi connectivity index (χ2n) is 7.57. The monoisotopic (exact) mass is 419 g/mol. The van der Waals surface area contributed by atoms with Crippen LogP contribution in [0.15, 0.2) is 66.9 Å². The molecule has 7 nitrogen and oxygen atoms in total. The van der Waals surface area contributed by atoms with Gasteiger partial charge in [0.1, 0.15) is 18.5 Å². The number of anilines is 1. The lowest BCUT2D eigenvalue weighted by Crippen LogP contribution is -2.30. The summed E-state index contributed by atoms with van der Waals surface area (Å²) in [5.74, 6) is 0.253. The van der Waals surface area contributed by atoms with Crippen LogP contribution in [0.25, 0.3) is 11.1 Å². The first-order chi connectivity index (χ1) is 15.0. The van der Waals surface area contributed by atoms with E-state index < -0.39 is 18.3 Å². The quantitative estimate of drug-likeness (QED) is 0.468. The Morgan fingerprint density at radius 2 is 1.71 bits per heavy atom. The topological polar surface area (TPSA) is 118 Å². The molecule has 0 radical (unpaired) electrons. The molecular weight excluding hydrogens is 394 g/mol. The van der Waals surface area contributed by atoms with Gasteiger partial charge in [0.25, 0.3) is 0 Å². The van der Waals surface area contributed by atoms with Gasteiger partial charge in [0.2, 0.25) is 0 Å². The molecule has 1 aliphatic carbocycles. The van der Waals surface area contributed by atoms with E-state index in [0.717, 1.165) is 11.1 Å². The second kappa shape index (κ2) is 9.16. The minimum atomic E-state index is -1.12. The highest BCUT2D eigenvalue weighted by Gasteiger charge is 2.29. The number of aliphatic hydroxyl groups excluding tert-OH is 2. The zero-order chi connectivity index (χ0) is 21.8. The molecule has 0 saturated heterocycles. The van der Waals surface area contributed by atoms with Crippen molar-refractivity contribution in [2.75, 3.05) is 18.9 Å². The number of carbonyl (C=O) groups is 1. The Labute approximate surface area is 180 Å². The van der Waals surface area contributed by atoms with Crippen LogP contribution >= 0.6 is 0 Å². The third kappa shape index (κ3) is 4.52. The highest BCUT2D eigenvalue weighted by Crippen LogP contribution is 2.44. The fourth-order valence-corrected chi connectivity index (χ4v) is 4.00. The Hall–Kier alpha value is -3.42. The molecule has 0 fully saturated rings. The summed E-state index contributed by atoms with van der Waals surface area (Å²) in [6.45, 7) is 0.386. The molecule has 1 aliphatic rings. The van der Waals surface area contributed by atoms with Gasteiger partial charge >= 0.3 is 6.09 Å². The normalized spacial score (nSPS) is 14.4. The first-order valence-corrected chi connectivity index (χ1v) is 10.2. The summed E-state index contributed by atoms with van der Waals surface area (Å²) in [6.07, 6.45) is -1.11. The van der Waals surface area contributed by atoms with E-state index in [9.17, 15) is 15.0 Å². The van der Waals surface area contributed by atoms with E-state index in [1.807, 2.05) is 24.3 Å². The maximum atomic E-state index is 12.2. The van der Waals surface area contributed by atoms with E-state index in [4.69, 9.17) is 10.5 Å². The molecule has 31 heavy (non-hydrogen) atoms. The number of nitrogens with two attached hydrogens (primary N) is 1. The number of benzene rings is 2. The van der Waals surface area contributed by atoms with Gasteiger partial charge in [0.05, 0.1) is 6.10 Å². The summed E-state index contributed by atoms with van der Waals surface area (Å²) >= 11 is 0. The minimum Gasteiger partial charge on any atom is -0.449 e. The zero-order valence-electron chi connectivity index (χ0n) is 16.9. The molecule has 4 rings (SSSR count). The molecule has 1 amide bonds. The number of amides is 1. The van der Waals surface area contributed by atoms with E-state index in [2.05, 4.69) is 34.6 Å². The van der Waals surface area contributed by atoms with E-state index in [0.29, 0.717) is 5.56 Å². The van der Waals surface area contributed by atoms with Gasteiger partial charge in [-0.25, -0.2) is 9.78 Å². The number of aromatic nitrogens is 1. The average molecular weight is 419 g/mol. The van der Waals surface area contributed by atoms with Gasteiger partial charge in [0, 0.05) is 18.7 Å². The Kier molecular flexibility index (Phi) is 6.16. The molecule has 0 spiro atoms. The lowest BCUT2D eigenvalue weighted by Gasteiger charge is -2.19. The molecule has 3 aromatic rings. The van der Waals surface area contributed by atoms with Gasteiger partial charge in [0.15, 0.2) is 0 Å². The molecular formula is C24H25N3O4. The molecule has 2 aromatic carbocycles. The van der Waals surface area contributed by atoms with Crippen LogP contribution in [0.5, 0.6) is 0 Å². The number of alkyl carbamates (subject to hydrolysis) is 1. The highest BCUT2D eigenvalue weighted by molar-refractivity contribution is 5.79. The third-order valence-electron chi connectivity index (χ3n) is 5.56. The Balaban J connectivity index is 1.28.